The van der Waals surface area contributed by atoms with E-state index in [-0.39, 0.29) is 6.04 Å². The van der Waals surface area contributed by atoms with Crippen molar-refractivity contribution in [2.45, 2.75) is 26.4 Å². The highest BCUT2D eigenvalue weighted by atomic mass is 16.3. The summed E-state index contributed by atoms with van der Waals surface area (Å²) >= 11 is 0. The first-order chi connectivity index (χ1) is 13.2. The Balaban J connectivity index is 1.76. The van der Waals surface area contributed by atoms with Crippen molar-refractivity contribution in [2.75, 3.05) is 0 Å². The average Bonchev–Trinajstić information content (AvgIpc) is 3.35. The fourth-order valence-corrected chi connectivity index (χ4v) is 3.29. The Morgan fingerprint density at radius 3 is 2.44 bits per heavy atom. The van der Waals surface area contributed by atoms with E-state index in [1.54, 1.807) is 6.26 Å². The molecule has 4 aromatic rings. The Morgan fingerprint density at radius 1 is 0.963 bits per heavy atom. The first kappa shape index (κ1) is 17.2. The van der Waals surface area contributed by atoms with Gasteiger partial charge in [0, 0.05) is 0 Å². The number of nitrogens with zero attached hydrogens (tertiary/aromatic N) is 4. The van der Waals surface area contributed by atoms with Crippen LogP contribution < -0.4 is 5.32 Å². The molecule has 0 saturated heterocycles. The lowest BCUT2D eigenvalue weighted by molar-refractivity contribution is 0.459. The average molecular weight is 359 g/mol. The van der Waals surface area contributed by atoms with Crippen molar-refractivity contribution < 1.29 is 4.42 Å². The van der Waals surface area contributed by atoms with E-state index in [9.17, 15) is 0 Å². The Labute approximate surface area is 157 Å². The van der Waals surface area contributed by atoms with Crippen molar-refractivity contribution in [3.05, 3.63) is 95.2 Å². The number of furan rings is 1. The third-order valence-corrected chi connectivity index (χ3v) is 4.60. The molecule has 6 heteroatoms. The highest BCUT2D eigenvalue weighted by molar-refractivity contribution is 5.47. The van der Waals surface area contributed by atoms with E-state index < -0.39 is 0 Å². The summed E-state index contributed by atoms with van der Waals surface area (Å²) in [6.07, 6.45) is 1.68. The maximum absolute atomic E-state index is 5.47. The van der Waals surface area contributed by atoms with Gasteiger partial charge in [-0.1, -0.05) is 48.5 Å². The molecule has 0 bridgehead atoms. The van der Waals surface area contributed by atoms with Gasteiger partial charge in [0.2, 0.25) is 0 Å². The van der Waals surface area contributed by atoms with Crippen molar-refractivity contribution in [2.24, 2.45) is 0 Å². The number of benzene rings is 2. The van der Waals surface area contributed by atoms with Gasteiger partial charge in [-0.3, -0.25) is 5.32 Å². The van der Waals surface area contributed by atoms with Crippen molar-refractivity contribution in [1.29, 1.82) is 0 Å². The molecule has 2 heterocycles. The van der Waals surface area contributed by atoms with Gasteiger partial charge in [0.15, 0.2) is 5.82 Å². The molecule has 4 rings (SSSR count). The Bertz CT molecular complexity index is 988. The van der Waals surface area contributed by atoms with Gasteiger partial charge in [-0.15, -0.1) is 5.10 Å². The molecule has 0 aliphatic heterocycles. The molecular weight excluding hydrogens is 338 g/mol. The molecule has 1 N–H and O–H groups in total. The molecule has 136 valence electrons. The van der Waals surface area contributed by atoms with Gasteiger partial charge >= 0.3 is 0 Å². The fraction of sp³-hybridized carbons (Fsp3) is 0.190. The molecule has 0 saturated carbocycles. The largest absolute Gasteiger partial charge is 0.468 e. The van der Waals surface area contributed by atoms with Crippen molar-refractivity contribution in [3.8, 4) is 5.69 Å². The molecule has 0 amide bonds. The quantitative estimate of drug-likeness (QED) is 0.568. The fourth-order valence-electron chi connectivity index (χ4n) is 3.29. The third-order valence-electron chi connectivity index (χ3n) is 4.60. The number of hydrogen-bond acceptors (Lipinski definition) is 5. The van der Waals surface area contributed by atoms with Crippen LogP contribution in [0.2, 0.25) is 0 Å². The van der Waals surface area contributed by atoms with E-state index in [0.29, 0.717) is 6.54 Å². The van der Waals surface area contributed by atoms with Gasteiger partial charge in [-0.2, -0.15) is 4.68 Å². The minimum atomic E-state index is -0.176. The second-order valence-electron chi connectivity index (χ2n) is 6.49. The molecular formula is C21H21N5O. The summed E-state index contributed by atoms with van der Waals surface area (Å²) in [6.45, 7) is 4.72. The summed E-state index contributed by atoms with van der Waals surface area (Å²) in [5.74, 6) is 1.60. The minimum absolute atomic E-state index is 0.176. The molecule has 1 atom stereocenters. The monoisotopic (exact) mass is 359 g/mol. The lowest BCUT2D eigenvalue weighted by atomic mass is 10.0. The molecule has 2 aromatic carbocycles. The maximum atomic E-state index is 5.47. The third kappa shape index (κ3) is 3.52. The number of hydrogen-bond donors (Lipinski definition) is 1. The number of para-hydroxylation sites is 1. The van der Waals surface area contributed by atoms with Crippen LogP contribution in [0.15, 0.2) is 71.3 Å². The van der Waals surface area contributed by atoms with E-state index in [4.69, 9.17) is 4.42 Å². The molecule has 0 aliphatic carbocycles. The summed E-state index contributed by atoms with van der Waals surface area (Å²) in [6, 6.07) is 20.0. The number of nitrogens with one attached hydrogen (secondary N) is 1. The number of tetrazole rings is 1. The van der Waals surface area contributed by atoms with Crippen LogP contribution >= 0.6 is 0 Å². The molecule has 0 unspecified atom stereocenters. The number of aromatic nitrogens is 4. The molecule has 27 heavy (non-hydrogen) atoms. The summed E-state index contributed by atoms with van der Waals surface area (Å²) in [5.41, 5.74) is 4.35. The van der Waals surface area contributed by atoms with Crippen LogP contribution in [0.3, 0.4) is 0 Å². The Morgan fingerprint density at radius 2 is 1.74 bits per heavy atom. The van der Waals surface area contributed by atoms with Crippen molar-refractivity contribution in [3.63, 3.8) is 0 Å². The molecule has 6 nitrogen and oxygen atoms in total. The molecule has 2 aromatic heterocycles. The van der Waals surface area contributed by atoms with Crippen LogP contribution in [0.1, 0.15) is 34.3 Å². The normalized spacial score (nSPS) is 12.2. The zero-order valence-electron chi connectivity index (χ0n) is 15.3. The standard InChI is InChI=1S/C21H21N5O/c1-15-8-6-9-16(2)20(15)26-21(23-24-25-26)19(17-10-4-3-5-11-17)22-14-18-12-7-13-27-18/h3-13,19,22H,14H2,1-2H3/t19-/m1/s1. The lowest BCUT2D eigenvalue weighted by Crippen LogP contribution is -2.25. The summed E-state index contributed by atoms with van der Waals surface area (Å²) < 4.78 is 7.30. The van der Waals surface area contributed by atoms with Crippen LogP contribution in [0.25, 0.3) is 5.69 Å². The van der Waals surface area contributed by atoms with Gasteiger partial charge in [0.25, 0.3) is 0 Å². The lowest BCUT2D eigenvalue weighted by Gasteiger charge is -2.19. The van der Waals surface area contributed by atoms with E-state index in [0.717, 1.165) is 34.0 Å². The van der Waals surface area contributed by atoms with Gasteiger partial charge in [0.05, 0.1) is 24.5 Å². The van der Waals surface area contributed by atoms with Crippen molar-refractivity contribution in [1.82, 2.24) is 25.5 Å². The molecule has 0 aliphatic rings. The maximum Gasteiger partial charge on any atom is 0.178 e. The van der Waals surface area contributed by atoms with Crippen LogP contribution in [0.4, 0.5) is 0 Å². The topological polar surface area (TPSA) is 68.8 Å². The Kier molecular flexibility index (Phi) is 4.80. The van der Waals surface area contributed by atoms with Gasteiger partial charge < -0.3 is 4.42 Å². The van der Waals surface area contributed by atoms with E-state index in [2.05, 4.69) is 59.0 Å². The van der Waals surface area contributed by atoms with E-state index in [1.807, 2.05) is 41.1 Å². The zero-order valence-corrected chi connectivity index (χ0v) is 15.3. The molecule has 0 fully saturated rings. The van der Waals surface area contributed by atoms with Crippen LogP contribution in [0.5, 0.6) is 0 Å². The highest BCUT2D eigenvalue weighted by Gasteiger charge is 2.23. The summed E-state index contributed by atoms with van der Waals surface area (Å²) in [4.78, 5) is 0. The Hall–Kier alpha value is -3.25. The number of aryl methyl sites for hydroxylation is 2. The van der Waals surface area contributed by atoms with Gasteiger partial charge in [-0.25, -0.2) is 0 Å². The zero-order chi connectivity index (χ0) is 18.6. The highest BCUT2D eigenvalue weighted by Crippen LogP contribution is 2.25. The SMILES string of the molecule is Cc1cccc(C)c1-n1nnnc1[C@H](NCc1ccco1)c1ccccc1. The van der Waals surface area contributed by atoms with Gasteiger partial charge in [0.1, 0.15) is 5.76 Å². The predicted octanol–water partition coefficient (Wildman–Crippen LogP) is 3.75. The van der Waals surface area contributed by atoms with Crippen molar-refractivity contribution >= 4 is 0 Å². The van der Waals surface area contributed by atoms with Crippen LogP contribution in [0, 0.1) is 13.8 Å². The first-order valence-corrected chi connectivity index (χ1v) is 8.89. The molecule has 0 spiro atoms. The first-order valence-electron chi connectivity index (χ1n) is 8.89. The number of rotatable bonds is 6. The smallest absolute Gasteiger partial charge is 0.178 e. The van der Waals surface area contributed by atoms with E-state index >= 15 is 0 Å². The van der Waals surface area contributed by atoms with Gasteiger partial charge in [-0.05, 0) is 53.1 Å². The second kappa shape index (κ2) is 7.55. The predicted molar refractivity (Wildman–Crippen MR) is 102 cm³/mol. The van der Waals surface area contributed by atoms with Crippen LogP contribution in [-0.4, -0.2) is 20.2 Å². The summed E-state index contributed by atoms with van der Waals surface area (Å²) in [5, 5.41) is 16.2. The minimum Gasteiger partial charge on any atom is -0.468 e. The van der Waals surface area contributed by atoms with E-state index in [1.165, 1.54) is 0 Å². The molecule has 0 radical (unpaired) electrons. The second-order valence-corrected chi connectivity index (χ2v) is 6.49. The summed E-state index contributed by atoms with van der Waals surface area (Å²) in [7, 11) is 0. The van der Waals surface area contributed by atoms with Crippen LogP contribution in [-0.2, 0) is 6.54 Å².